The first-order valence-electron chi connectivity index (χ1n) is 7.41. The van der Waals surface area contributed by atoms with E-state index in [2.05, 4.69) is 10.2 Å². The molecule has 21 heavy (non-hydrogen) atoms. The second-order valence-corrected chi connectivity index (χ2v) is 5.46. The largest absolute Gasteiger partial charge is 0.502 e. The van der Waals surface area contributed by atoms with Gasteiger partial charge in [-0.05, 0) is 25.8 Å². The van der Waals surface area contributed by atoms with E-state index in [9.17, 15) is 14.7 Å². The molecule has 2 N–H and O–H groups in total. The zero-order valence-corrected chi connectivity index (χ0v) is 12.3. The molecule has 0 spiro atoms. The highest BCUT2D eigenvalue weighted by Gasteiger charge is 2.25. The van der Waals surface area contributed by atoms with Crippen molar-refractivity contribution in [3.63, 3.8) is 0 Å². The van der Waals surface area contributed by atoms with E-state index in [0.29, 0.717) is 25.4 Å². The van der Waals surface area contributed by atoms with E-state index in [1.54, 1.807) is 0 Å². The zero-order chi connectivity index (χ0) is 15.2. The maximum atomic E-state index is 12.0. The van der Waals surface area contributed by atoms with Crippen molar-refractivity contribution in [1.29, 1.82) is 0 Å². The number of likely N-dealkylation sites (tertiary alicyclic amines) is 1. The fourth-order valence-electron chi connectivity index (χ4n) is 2.55. The number of piperidine rings is 1. The molecule has 2 heterocycles. The van der Waals surface area contributed by atoms with Crippen molar-refractivity contribution in [2.24, 2.45) is 5.92 Å². The lowest BCUT2D eigenvalue weighted by Gasteiger charge is -2.31. The van der Waals surface area contributed by atoms with Crippen LogP contribution in [0.3, 0.4) is 0 Å². The normalized spacial score (nSPS) is 19.4. The molecule has 1 aliphatic heterocycles. The molecule has 0 radical (unpaired) electrons. The van der Waals surface area contributed by atoms with Gasteiger partial charge < -0.3 is 14.8 Å². The highest BCUT2D eigenvalue weighted by molar-refractivity contribution is 5.78. The molecular formula is C15H22N2O4. The highest BCUT2D eigenvalue weighted by Crippen LogP contribution is 2.19. The van der Waals surface area contributed by atoms with Crippen LogP contribution in [0.5, 0.6) is 5.75 Å². The Morgan fingerprint density at radius 3 is 3.10 bits per heavy atom. The minimum Gasteiger partial charge on any atom is -0.502 e. The summed E-state index contributed by atoms with van der Waals surface area (Å²) in [5, 5.41) is 12.1. The molecule has 1 aromatic rings. The maximum absolute atomic E-state index is 12.0. The van der Waals surface area contributed by atoms with Gasteiger partial charge in [0.2, 0.25) is 11.3 Å². The lowest BCUT2D eigenvalue weighted by atomic mass is 9.97. The Labute approximate surface area is 123 Å². The molecule has 1 atom stereocenters. The van der Waals surface area contributed by atoms with Crippen LogP contribution < -0.4 is 10.7 Å². The van der Waals surface area contributed by atoms with Gasteiger partial charge in [-0.3, -0.25) is 14.5 Å². The first-order valence-corrected chi connectivity index (χ1v) is 7.41. The average Bonchev–Trinajstić information content (AvgIpc) is 2.49. The number of hydrogen-bond donors (Lipinski definition) is 2. The molecule has 1 fully saturated rings. The molecule has 1 aromatic heterocycles. The second-order valence-electron chi connectivity index (χ2n) is 5.46. The Hall–Kier alpha value is -1.82. The van der Waals surface area contributed by atoms with Crippen molar-refractivity contribution >= 4 is 5.91 Å². The third-order valence-electron chi connectivity index (χ3n) is 3.67. The number of aromatic hydroxyl groups is 1. The quantitative estimate of drug-likeness (QED) is 0.849. The predicted molar refractivity (Wildman–Crippen MR) is 77.9 cm³/mol. The topological polar surface area (TPSA) is 82.8 Å². The van der Waals surface area contributed by atoms with Crippen molar-refractivity contribution in [3.8, 4) is 5.75 Å². The Morgan fingerprint density at radius 1 is 1.57 bits per heavy atom. The molecule has 1 unspecified atom stereocenters. The van der Waals surface area contributed by atoms with Gasteiger partial charge in [-0.25, -0.2) is 0 Å². The fraction of sp³-hybridized carbons (Fsp3) is 0.600. The first-order chi connectivity index (χ1) is 10.1. The van der Waals surface area contributed by atoms with Crippen molar-refractivity contribution < 1.29 is 14.3 Å². The number of nitrogens with zero attached hydrogens (tertiary/aromatic N) is 1. The first kappa shape index (κ1) is 15.6. The minimum absolute atomic E-state index is 0.00543. The van der Waals surface area contributed by atoms with Gasteiger partial charge in [-0.15, -0.1) is 0 Å². The van der Waals surface area contributed by atoms with Crippen molar-refractivity contribution in [3.05, 3.63) is 28.3 Å². The number of rotatable bonds is 5. The smallest absolute Gasteiger partial charge is 0.226 e. The van der Waals surface area contributed by atoms with Gasteiger partial charge >= 0.3 is 0 Å². The van der Waals surface area contributed by atoms with Crippen LogP contribution in [0.4, 0.5) is 0 Å². The van der Waals surface area contributed by atoms with Crippen LogP contribution in [0, 0.1) is 5.92 Å². The summed E-state index contributed by atoms with van der Waals surface area (Å²) in [6.07, 6.45) is 3.84. The van der Waals surface area contributed by atoms with E-state index < -0.39 is 5.43 Å². The monoisotopic (exact) mass is 294 g/mol. The molecule has 6 nitrogen and oxygen atoms in total. The van der Waals surface area contributed by atoms with Crippen LogP contribution in [0.25, 0.3) is 0 Å². The fourth-order valence-corrected chi connectivity index (χ4v) is 2.55. The van der Waals surface area contributed by atoms with Gasteiger partial charge in [0.1, 0.15) is 12.0 Å². The van der Waals surface area contributed by atoms with Crippen LogP contribution in [-0.4, -0.2) is 35.5 Å². The zero-order valence-electron chi connectivity index (χ0n) is 12.3. The number of carbonyl (C=O) groups excluding carboxylic acids is 1. The lowest BCUT2D eigenvalue weighted by Crippen LogP contribution is -2.42. The van der Waals surface area contributed by atoms with Gasteiger partial charge in [-0.2, -0.15) is 0 Å². The molecule has 0 aromatic carbocycles. The Kier molecular flexibility index (Phi) is 5.38. The number of carbonyl (C=O) groups is 1. The third kappa shape index (κ3) is 4.32. The molecule has 0 aliphatic carbocycles. The molecule has 1 aliphatic rings. The summed E-state index contributed by atoms with van der Waals surface area (Å²) < 4.78 is 5.21. The van der Waals surface area contributed by atoms with Gasteiger partial charge in [0.25, 0.3) is 0 Å². The van der Waals surface area contributed by atoms with Gasteiger partial charge in [-0.1, -0.05) is 6.92 Å². The van der Waals surface area contributed by atoms with E-state index in [-0.39, 0.29) is 17.6 Å². The standard InChI is InChI=1S/C15H22N2O4/c1-2-5-16-15(20)11-4-3-6-17(8-11)9-12-7-13(18)14(19)10-21-12/h7,10-11,19H,2-6,8-9H2,1H3,(H,16,20). The van der Waals surface area contributed by atoms with Crippen molar-refractivity contribution in [1.82, 2.24) is 10.2 Å². The SMILES string of the molecule is CCCNC(=O)C1CCCN(Cc2cc(=O)c(O)co2)C1. The maximum Gasteiger partial charge on any atom is 0.226 e. The van der Waals surface area contributed by atoms with Gasteiger partial charge in [0.05, 0.1) is 12.5 Å². The summed E-state index contributed by atoms with van der Waals surface area (Å²) in [5.41, 5.74) is -0.439. The highest BCUT2D eigenvalue weighted by atomic mass is 16.4. The van der Waals surface area contributed by atoms with E-state index in [4.69, 9.17) is 4.42 Å². The summed E-state index contributed by atoms with van der Waals surface area (Å²) in [5.74, 6) is 0.226. The van der Waals surface area contributed by atoms with Gasteiger partial charge in [0, 0.05) is 19.2 Å². The van der Waals surface area contributed by atoms with Crippen molar-refractivity contribution in [2.75, 3.05) is 19.6 Å². The average molecular weight is 294 g/mol. The third-order valence-corrected chi connectivity index (χ3v) is 3.67. The molecule has 2 rings (SSSR count). The van der Waals surface area contributed by atoms with E-state index >= 15 is 0 Å². The van der Waals surface area contributed by atoms with Crippen LogP contribution in [0.1, 0.15) is 31.9 Å². The second kappa shape index (κ2) is 7.26. The minimum atomic E-state index is -0.439. The predicted octanol–water partition coefficient (Wildman–Crippen LogP) is 1.08. The number of hydrogen-bond acceptors (Lipinski definition) is 5. The van der Waals surface area contributed by atoms with E-state index in [1.165, 1.54) is 6.07 Å². The molecule has 116 valence electrons. The van der Waals surface area contributed by atoms with Crippen LogP contribution in [-0.2, 0) is 11.3 Å². The molecular weight excluding hydrogens is 272 g/mol. The van der Waals surface area contributed by atoms with Gasteiger partial charge in [0.15, 0.2) is 5.75 Å². The molecule has 0 saturated carbocycles. The summed E-state index contributed by atoms with van der Waals surface area (Å²) in [6.45, 7) is 4.76. The Bertz CT molecular complexity index is 541. The van der Waals surface area contributed by atoms with Crippen LogP contribution in [0.15, 0.2) is 21.5 Å². The van der Waals surface area contributed by atoms with Crippen LogP contribution in [0.2, 0.25) is 0 Å². The Morgan fingerprint density at radius 2 is 2.38 bits per heavy atom. The molecule has 1 saturated heterocycles. The number of nitrogens with one attached hydrogen (secondary N) is 1. The summed E-state index contributed by atoms with van der Waals surface area (Å²) >= 11 is 0. The van der Waals surface area contributed by atoms with Crippen LogP contribution >= 0.6 is 0 Å². The van der Waals surface area contributed by atoms with E-state index in [0.717, 1.165) is 32.1 Å². The van der Waals surface area contributed by atoms with E-state index in [1.807, 2.05) is 6.92 Å². The summed E-state index contributed by atoms with van der Waals surface area (Å²) in [6, 6.07) is 1.30. The Balaban J connectivity index is 1.93. The number of amides is 1. The summed E-state index contributed by atoms with van der Waals surface area (Å²) in [7, 11) is 0. The molecule has 1 amide bonds. The lowest BCUT2D eigenvalue weighted by molar-refractivity contribution is -0.126. The molecule has 6 heteroatoms. The molecule has 0 bridgehead atoms. The summed E-state index contributed by atoms with van der Waals surface area (Å²) in [4.78, 5) is 25.5. The van der Waals surface area contributed by atoms with Crippen molar-refractivity contribution in [2.45, 2.75) is 32.7 Å².